The maximum atomic E-state index is 12.9. The number of hydrogen-bond acceptors (Lipinski definition) is 2. The van der Waals surface area contributed by atoms with Gasteiger partial charge in [0, 0.05) is 18.7 Å². The summed E-state index contributed by atoms with van der Waals surface area (Å²) in [5, 5.41) is 2.48. The van der Waals surface area contributed by atoms with Crippen molar-refractivity contribution in [3.8, 4) is 0 Å². The first-order chi connectivity index (χ1) is 8.16. The van der Waals surface area contributed by atoms with E-state index in [9.17, 15) is 14.0 Å². The maximum absolute atomic E-state index is 12.9. The Morgan fingerprint density at radius 2 is 2.12 bits per heavy atom. The molecule has 17 heavy (non-hydrogen) atoms. The van der Waals surface area contributed by atoms with E-state index in [1.807, 2.05) is 0 Å². The van der Waals surface area contributed by atoms with Crippen LogP contribution in [0.5, 0.6) is 0 Å². The second-order valence-electron chi connectivity index (χ2n) is 3.93. The van der Waals surface area contributed by atoms with Gasteiger partial charge in [0.15, 0.2) is 0 Å². The van der Waals surface area contributed by atoms with Gasteiger partial charge in [-0.25, -0.2) is 4.39 Å². The Morgan fingerprint density at radius 3 is 2.71 bits per heavy atom. The van der Waals surface area contributed by atoms with Crippen molar-refractivity contribution < 1.29 is 14.0 Å². The highest BCUT2D eigenvalue weighted by Gasteiger charge is 2.20. The molecule has 0 spiro atoms. The van der Waals surface area contributed by atoms with Crippen molar-refractivity contribution in [3.63, 3.8) is 0 Å². The lowest BCUT2D eigenvalue weighted by atomic mass is 10.2. The molecule has 1 aromatic rings. The molecule has 1 fully saturated rings. The van der Waals surface area contributed by atoms with Gasteiger partial charge in [-0.15, -0.1) is 0 Å². The predicted molar refractivity (Wildman–Crippen MR) is 59.9 cm³/mol. The zero-order chi connectivity index (χ0) is 12.3. The van der Waals surface area contributed by atoms with Gasteiger partial charge in [0.2, 0.25) is 5.91 Å². The lowest BCUT2D eigenvalue weighted by Crippen LogP contribution is -2.47. The fourth-order valence-electron chi connectivity index (χ4n) is 1.57. The van der Waals surface area contributed by atoms with Gasteiger partial charge in [-0.1, -0.05) is 6.07 Å². The summed E-state index contributed by atoms with van der Waals surface area (Å²) >= 11 is 0. The molecule has 1 aliphatic rings. The van der Waals surface area contributed by atoms with Gasteiger partial charge in [0.25, 0.3) is 5.91 Å². The van der Waals surface area contributed by atoms with Crippen molar-refractivity contribution in [1.29, 1.82) is 0 Å². The van der Waals surface area contributed by atoms with Gasteiger partial charge >= 0.3 is 0 Å². The van der Waals surface area contributed by atoms with Gasteiger partial charge in [-0.05, 0) is 24.6 Å². The number of nitrogens with one attached hydrogen (secondary N) is 1. The first kappa shape index (κ1) is 11.6. The van der Waals surface area contributed by atoms with Crippen molar-refractivity contribution in [2.24, 2.45) is 0 Å². The largest absolute Gasteiger partial charge is 0.343 e. The summed E-state index contributed by atoms with van der Waals surface area (Å²) in [7, 11) is 0. The topological polar surface area (TPSA) is 49.4 Å². The van der Waals surface area contributed by atoms with E-state index in [-0.39, 0.29) is 18.0 Å². The SMILES string of the molecule is O=C(NCC(=O)N1CCC1)c1cccc(F)c1. The zero-order valence-electron chi connectivity index (χ0n) is 9.28. The Bertz CT molecular complexity index is 444. The van der Waals surface area contributed by atoms with Crippen LogP contribution in [0.1, 0.15) is 16.8 Å². The lowest BCUT2D eigenvalue weighted by Gasteiger charge is -2.30. The highest BCUT2D eigenvalue weighted by atomic mass is 19.1. The molecule has 0 radical (unpaired) electrons. The van der Waals surface area contributed by atoms with Crippen LogP contribution in [0, 0.1) is 5.82 Å². The van der Waals surface area contributed by atoms with Gasteiger partial charge in [-0.2, -0.15) is 0 Å². The summed E-state index contributed by atoms with van der Waals surface area (Å²) in [6.07, 6.45) is 1.02. The fraction of sp³-hybridized carbons (Fsp3) is 0.333. The molecule has 0 unspecified atom stereocenters. The molecular weight excluding hydrogens is 223 g/mol. The second-order valence-corrected chi connectivity index (χ2v) is 3.93. The van der Waals surface area contributed by atoms with E-state index in [1.54, 1.807) is 4.90 Å². The third kappa shape index (κ3) is 2.81. The molecule has 0 aliphatic carbocycles. The van der Waals surface area contributed by atoms with Crippen LogP contribution >= 0.6 is 0 Å². The Morgan fingerprint density at radius 1 is 1.35 bits per heavy atom. The quantitative estimate of drug-likeness (QED) is 0.843. The summed E-state index contributed by atoms with van der Waals surface area (Å²) in [5.41, 5.74) is 0.224. The van der Waals surface area contributed by atoms with Crippen LogP contribution in [0.4, 0.5) is 4.39 Å². The molecule has 1 aromatic carbocycles. The molecular formula is C12H13FN2O2. The highest BCUT2D eigenvalue weighted by molar-refractivity contribution is 5.96. The number of carbonyl (C=O) groups excluding carboxylic acids is 2. The van der Waals surface area contributed by atoms with E-state index >= 15 is 0 Å². The smallest absolute Gasteiger partial charge is 0.251 e. The number of rotatable bonds is 3. The van der Waals surface area contributed by atoms with Crippen molar-refractivity contribution in [3.05, 3.63) is 35.6 Å². The number of hydrogen-bond donors (Lipinski definition) is 1. The number of carbonyl (C=O) groups is 2. The number of amides is 2. The standard InChI is InChI=1S/C12H13FN2O2/c13-10-4-1-3-9(7-10)12(17)14-8-11(16)15-5-2-6-15/h1,3-4,7H,2,5-6,8H2,(H,14,17). The Balaban J connectivity index is 1.86. The van der Waals surface area contributed by atoms with Crippen molar-refractivity contribution in [2.75, 3.05) is 19.6 Å². The van der Waals surface area contributed by atoms with Gasteiger partial charge in [0.1, 0.15) is 5.82 Å². The number of benzene rings is 1. The molecule has 1 heterocycles. The number of halogens is 1. The van der Waals surface area contributed by atoms with Crippen molar-refractivity contribution in [1.82, 2.24) is 10.2 Å². The minimum atomic E-state index is -0.466. The fourth-order valence-corrected chi connectivity index (χ4v) is 1.57. The Kier molecular flexibility index (Phi) is 3.37. The van der Waals surface area contributed by atoms with E-state index in [0.29, 0.717) is 0 Å². The summed E-state index contributed by atoms with van der Waals surface area (Å²) in [4.78, 5) is 24.7. The highest BCUT2D eigenvalue weighted by Crippen LogP contribution is 2.06. The van der Waals surface area contributed by atoms with E-state index in [4.69, 9.17) is 0 Å². The van der Waals surface area contributed by atoms with Crippen molar-refractivity contribution >= 4 is 11.8 Å². The molecule has 0 aromatic heterocycles. The monoisotopic (exact) mass is 236 g/mol. The lowest BCUT2D eigenvalue weighted by molar-refractivity contribution is -0.133. The van der Waals surface area contributed by atoms with Crippen LogP contribution in [0.2, 0.25) is 0 Å². The molecule has 2 amide bonds. The van der Waals surface area contributed by atoms with Gasteiger partial charge < -0.3 is 10.2 Å². The third-order valence-corrected chi connectivity index (χ3v) is 2.70. The normalized spacial score (nSPS) is 14.1. The molecule has 1 aliphatic heterocycles. The molecule has 90 valence electrons. The van der Waals surface area contributed by atoms with E-state index < -0.39 is 11.7 Å². The second kappa shape index (κ2) is 4.95. The first-order valence-electron chi connectivity index (χ1n) is 5.48. The Hall–Kier alpha value is -1.91. The zero-order valence-corrected chi connectivity index (χ0v) is 9.28. The molecule has 4 nitrogen and oxygen atoms in total. The van der Waals surface area contributed by atoms with Crippen LogP contribution in [0.3, 0.4) is 0 Å². The van der Waals surface area contributed by atoms with Crippen LogP contribution in [0.25, 0.3) is 0 Å². The van der Waals surface area contributed by atoms with Crippen LogP contribution in [-0.2, 0) is 4.79 Å². The molecule has 1 N–H and O–H groups in total. The molecule has 1 saturated heterocycles. The van der Waals surface area contributed by atoms with Crippen molar-refractivity contribution in [2.45, 2.75) is 6.42 Å². The minimum Gasteiger partial charge on any atom is -0.343 e. The van der Waals surface area contributed by atoms with E-state index in [1.165, 1.54) is 18.2 Å². The molecule has 2 rings (SSSR count). The minimum absolute atomic E-state index is 0.0324. The maximum Gasteiger partial charge on any atom is 0.251 e. The summed E-state index contributed by atoms with van der Waals surface area (Å²) in [6, 6.07) is 5.37. The van der Waals surface area contributed by atoms with Crippen LogP contribution < -0.4 is 5.32 Å². The van der Waals surface area contributed by atoms with Crippen LogP contribution in [0.15, 0.2) is 24.3 Å². The number of likely N-dealkylation sites (tertiary alicyclic amines) is 1. The summed E-state index contributed by atoms with van der Waals surface area (Å²) in [5.74, 6) is -0.994. The van der Waals surface area contributed by atoms with E-state index in [0.717, 1.165) is 25.6 Å². The van der Waals surface area contributed by atoms with Gasteiger partial charge in [0.05, 0.1) is 6.54 Å². The molecule has 0 bridgehead atoms. The molecule has 5 heteroatoms. The predicted octanol–water partition coefficient (Wildman–Crippen LogP) is 0.788. The molecule has 0 saturated carbocycles. The molecule has 0 atom stereocenters. The summed E-state index contributed by atoms with van der Waals surface area (Å²) in [6.45, 7) is 1.48. The Labute approximate surface area is 98.4 Å². The average molecular weight is 236 g/mol. The van der Waals surface area contributed by atoms with Crippen LogP contribution in [-0.4, -0.2) is 36.3 Å². The average Bonchev–Trinajstić information content (AvgIpc) is 2.23. The first-order valence-corrected chi connectivity index (χ1v) is 5.48. The van der Waals surface area contributed by atoms with E-state index in [2.05, 4.69) is 5.32 Å². The summed E-state index contributed by atoms with van der Waals surface area (Å²) < 4.78 is 12.9. The third-order valence-electron chi connectivity index (χ3n) is 2.70. The van der Waals surface area contributed by atoms with Gasteiger partial charge in [-0.3, -0.25) is 9.59 Å². The number of nitrogens with zero attached hydrogens (tertiary/aromatic N) is 1.